The number of nitrogens with one attached hydrogen (secondary N) is 2. The Bertz CT molecular complexity index is 1760. The summed E-state index contributed by atoms with van der Waals surface area (Å²) in [5.74, 6) is 2.13. The Balaban J connectivity index is 1.30. The third kappa shape index (κ3) is 6.95. The van der Waals surface area contributed by atoms with Crippen LogP contribution < -0.4 is 15.4 Å². The van der Waals surface area contributed by atoms with E-state index in [0.29, 0.717) is 58.0 Å². The Morgan fingerprint density at radius 2 is 1.88 bits per heavy atom. The van der Waals surface area contributed by atoms with Gasteiger partial charge in [0.25, 0.3) is 0 Å². The summed E-state index contributed by atoms with van der Waals surface area (Å²) in [6.07, 6.45) is 2.68. The minimum Gasteiger partial charge on any atom is -0.487 e. The number of halogens is 2. The van der Waals surface area contributed by atoms with Crippen molar-refractivity contribution < 1.29 is 22.0 Å². The first-order chi connectivity index (χ1) is 19.2. The summed E-state index contributed by atoms with van der Waals surface area (Å²) < 4.78 is 47.8. The molecular weight excluding hydrogens is 555 g/mol. The Morgan fingerprint density at radius 3 is 2.67 bits per heavy atom. The van der Waals surface area contributed by atoms with Crippen molar-refractivity contribution in [2.45, 2.75) is 13.2 Å². The van der Waals surface area contributed by atoms with Crippen molar-refractivity contribution >= 4 is 43.8 Å². The van der Waals surface area contributed by atoms with Crippen LogP contribution in [0.4, 0.5) is 15.9 Å². The standard InChI is InChI=1S/C29H26ClFN4O4S/c1-40(36,37)13-12-32-16-22-9-11-26(39-22)23-6-3-7-24-28(23)33-18-34-29(24)35-21-8-10-27(25(30)15-21)38-17-19-4-2-5-20(31)14-19/h2-11,14-15,18,32H,12-13,16-17H2,1H3,(H,33,34,35). The lowest BCUT2D eigenvalue weighted by Gasteiger charge is -2.12. The average molecular weight is 581 g/mol. The molecule has 2 heterocycles. The second kappa shape index (κ2) is 12.0. The van der Waals surface area contributed by atoms with Crippen molar-refractivity contribution in [2.75, 3.05) is 23.9 Å². The van der Waals surface area contributed by atoms with Gasteiger partial charge >= 0.3 is 0 Å². The zero-order valence-electron chi connectivity index (χ0n) is 21.5. The van der Waals surface area contributed by atoms with Crippen molar-refractivity contribution in [3.8, 4) is 17.1 Å². The fourth-order valence-corrected chi connectivity index (χ4v) is 4.84. The van der Waals surface area contributed by atoms with Crippen molar-refractivity contribution in [2.24, 2.45) is 0 Å². The highest BCUT2D eigenvalue weighted by Crippen LogP contribution is 2.34. The Kier molecular flexibility index (Phi) is 8.29. The summed E-state index contributed by atoms with van der Waals surface area (Å²) in [4.78, 5) is 8.92. The van der Waals surface area contributed by atoms with Crippen LogP contribution in [0.1, 0.15) is 11.3 Å². The smallest absolute Gasteiger partial charge is 0.148 e. The average Bonchev–Trinajstić information content (AvgIpc) is 3.39. The van der Waals surface area contributed by atoms with E-state index < -0.39 is 9.84 Å². The monoisotopic (exact) mass is 580 g/mol. The first-order valence-electron chi connectivity index (χ1n) is 12.4. The quantitative estimate of drug-likeness (QED) is 0.179. The summed E-state index contributed by atoms with van der Waals surface area (Å²) in [7, 11) is -3.02. The zero-order chi connectivity index (χ0) is 28.1. The molecule has 0 aliphatic carbocycles. The van der Waals surface area contributed by atoms with Crippen molar-refractivity contribution in [3.63, 3.8) is 0 Å². The lowest BCUT2D eigenvalue weighted by atomic mass is 10.1. The number of hydrogen-bond acceptors (Lipinski definition) is 8. The maximum Gasteiger partial charge on any atom is 0.148 e. The fourth-order valence-electron chi connectivity index (χ4n) is 4.09. The van der Waals surface area contributed by atoms with Crippen LogP contribution in [0.2, 0.25) is 5.02 Å². The number of anilines is 2. The highest BCUT2D eigenvalue weighted by molar-refractivity contribution is 7.90. The van der Waals surface area contributed by atoms with Gasteiger partial charge in [0, 0.05) is 29.4 Å². The second-order valence-electron chi connectivity index (χ2n) is 9.19. The third-order valence-corrected chi connectivity index (χ3v) is 7.26. The molecule has 3 aromatic carbocycles. The van der Waals surface area contributed by atoms with E-state index in [1.807, 2.05) is 36.4 Å². The van der Waals surface area contributed by atoms with Crippen LogP contribution in [0.15, 0.2) is 83.5 Å². The van der Waals surface area contributed by atoms with Crippen molar-refractivity contribution in [3.05, 3.63) is 101 Å². The predicted octanol–water partition coefficient (Wildman–Crippen LogP) is 6.14. The van der Waals surface area contributed by atoms with Crippen LogP contribution in [0.3, 0.4) is 0 Å². The summed E-state index contributed by atoms with van der Waals surface area (Å²) in [6, 6.07) is 20.9. The van der Waals surface area contributed by atoms with Crippen LogP contribution in [0.5, 0.6) is 5.75 Å². The van der Waals surface area contributed by atoms with E-state index in [1.165, 1.54) is 24.7 Å². The highest BCUT2D eigenvalue weighted by Gasteiger charge is 2.14. The van der Waals surface area contributed by atoms with Gasteiger partial charge in [0.2, 0.25) is 0 Å². The van der Waals surface area contributed by atoms with Gasteiger partial charge in [0.05, 0.1) is 22.8 Å². The van der Waals surface area contributed by atoms with Crippen LogP contribution >= 0.6 is 11.6 Å². The van der Waals surface area contributed by atoms with Gasteiger partial charge in [-0.15, -0.1) is 0 Å². The van der Waals surface area contributed by atoms with E-state index in [4.69, 9.17) is 20.8 Å². The van der Waals surface area contributed by atoms with Gasteiger partial charge in [-0.3, -0.25) is 0 Å². The molecule has 8 nitrogen and oxygen atoms in total. The summed E-state index contributed by atoms with van der Waals surface area (Å²) in [5, 5.41) is 7.56. The van der Waals surface area contributed by atoms with E-state index in [1.54, 1.807) is 24.3 Å². The van der Waals surface area contributed by atoms with Crippen LogP contribution in [-0.4, -0.2) is 36.9 Å². The Hall–Kier alpha value is -3.99. The predicted molar refractivity (Wildman–Crippen MR) is 154 cm³/mol. The second-order valence-corrected chi connectivity index (χ2v) is 11.9. The molecule has 5 rings (SSSR count). The van der Waals surface area contributed by atoms with Gasteiger partial charge in [-0.25, -0.2) is 22.8 Å². The Morgan fingerprint density at radius 1 is 1.02 bits per heavy atom. The molecule has 0 radical (unpaired) electrons. The summed E-state index contributed by atoms with van der Waals surface area (Å²) >= 11 is 6.47. The molecule has 0 saturated heterocycles. The molecule has 206 valence electrons. The minimum absolute atomic E-state index is 0.0620. The molecule has 0 atom stereocenters. The van der Waals surface area contributed by atoms with Crippen molar-refractivity contribution in [1.82, 2.24) is 15.3 Å². The summed E-state index contributed by atoms with van der Waals surface area (Å²) in [5.41, 5.74) is 2.90. The lowest BCUT2D eigenvalue weighted by Crippen LogP contribution is -2.21. The van der Waals surface area contributed by atoms with Gasteiger partial charge in [-0.05, 0) is 60.2 Å². The fraction of sp³-hybridized carbons (Fsp3) is 0.172. The van der Waals surface area contributed by atoms with Gasteiger partial charge in [0.1, 0.15) is 51.7 Å². The van der Waals surface area contributed by atoms with E-state index in [9.17, 15) is 12.8 Å². The number of sulfone groups is 1. The number of fused-ring (bicyclic) bond motifs is 1. The maximum atomic E-state index is 13.4. The van der Waals surface area contributed by atoms with Gasteiger partial charge < -0.3 is 19.8 Å². The molecule has 11 heteroatoms. The largest absolute Gasteiger partial charge is 0.487 e. The molecule has 40 heavy (non-hydrogen) atoms. The van der Waals surface area contributed by atoms with Gasteiger partial charge in [-0.1, -0.05) is 29.8 Å². The van der Waals surface area contributed by atoms with E-state index in [0.717, 1.165) is 10.9 Å². The van der Waals surface area contributed by atoms with E-state index in [-0.39, 0.29) is 18.2 Å². The molecule has 0 saturated carbocycles. The molecule has 0 fully saturated rings. The maximum absolute atomic E-state index is 13.4. The molecule has 0 bridgehead atoms. The topological polar surface area (TPSA) is 106 Å². The first-order valence-corrected chi connectivity index (χ1v) is 14.8. The van der Waals surface area contributed by atoms with Crippen LogP contribution in [0, 0.1) is 5.82 Å². The third-order valence-electron chi connectivity index (χ3n) is 6.02. The molecular formula is C29H26ClFN4O4S. The first kappa shape index (κ1) is 27.6. The number of hydrogen-bond donors (Lipinski definition) is 2. The lowest BCUT2D eigenvalue weighted by molar-refractivity contribution is 0.306. The number of benzene rings is 3. The number of aromatic nitrogens is 2. The highest BCUT2D eigenvalue weighted by atomic mass is 35.5. The Labute approximate surface area is 236 Å². The van der Waals surface area contributed by atoms with Crippen LogP contribution in [0.25, 0.3) is 22.2 Å². The number of rotatable bonds is 11. The SMILES string of the molecule is CS(=O)(=O)CCNCc1ccc(-c2cccc3c(Nc4ccc(OCc5cccc(F)c5)c(Cl)c4)ncnc23)o1. The van der Waals surface area contributed by atoms with Gasteiger partial charge in [0.15, 0.2) is 0 Å². The molecule has 0 aliphatic heterocycles. The minimum atomic E-state index is -3.02. The van der Waals surface area contributed by atoms with Gasteiger partial charge in [-0.2, -0.15) is 0 Å². The molecule has 0 aliphatic rings. The van der Waals surface area contributed by atoms with Crippen molar-refractivity contribution in [1.29, 1.82) is 0 Å². The molecule has 0 unspecified atom stereocenters. The summed E-state index contributed by atoms with van der Waals surface area (Å²) in [6.45, 7) is 0.940. The normalized spacial score (nSPS) is 11.6. The molecule has 0 amide bonds. The number of nitrogens with zero attached hydrogens (tertiary/aromatic N) is 2. The number of para-hydroxylation sites is 1. The molecule has 2 aromatic heterocycles. The van der Waals surface area contributed by atoms with E-state index >= 15 is 0 Å². The van der Waals surface area contributed by atoms with Crippen LogP contribution in [-0.2, 0) is 23.0 Å². The van der Waals surface area contributed by atoms with E-state index in [2.05, 4.69) is 20.6 Å². The number of ether oxygens (including phenoxy) is 1. The molecule has 2 N–H and O–H groups in total. The number of furan rings is 1. The molecule has 5 aromatic rings. The zero-order valence-corrected chi connectivity index (χ0v) is 23.1. The molecule has 0 spiro atoms.